The van der Waals surface area contributed by atoms with Crippen LogP contribution in [0.5, 0.6) is 0 Å². The third kappa shape index (κ3) is 4.90. The highest BCUT2D eigenvalue weighted by atomic mass is 32.2. The lowest BCUT2D eigenvalue weighted by Crippen LogP contribution is -2.33. The van der Waals surface area contributed by atoms with Gasteiger partial charge in [0.15, 0.2) is 33.8 Å². The Bertz CT molecular complexity index is 1230. The molecule has 0 amide bonds. The van der Waals surface area contributed by atoms with Gasteiger partial charge in [-0.3, -0.25) is 0 Å². The van der Waals surface area contributed by atoms with E-state index < -0.39 is 36.0 Å². The Kier molecular flexibility index (Phi) is 7.35. The molecule has 3 aromatic rings. The molecule has 10 nitrogen and oxygen atoms in total. The Hall–Kier alpha value is -2.45. The van der Waals surface area contributed by atoms with Crippen LogP contribution < -0.4 is 11.1 Å². The van der Waals surface area contributed by atoms with Gasteiger partial charge in [0.05, 0.1) is 18.8 Å². The summed E-state index contributed by atoms with van der Waals surface area (Å²) in [6, 6.07) is 3.34. The smallest absolute Gasteiger partial charge is 0.191 e. The molecule has 2 heterocycles. The third-order valence-corrected chi connectivity index (χ3v) is 7.64. The van der Waals surface area contributed by atoms with E-state index in [4.69, 9.17) is 10.5 Å². The number of benzene rings is 1. The minimum Gasteiger partial charge on any atom is -0.388 e. The summed E-state index contributed by atoms with van der Waals surface area (Å²) in [4.78, 5) is 9.30. The van der Waals surface area contributed by atoms with Crippen molar-refractivity contribution >= 4 is 28.7 Å². The number of hydrogen-bond donors (Lipinski definition) is 4. The number of rotatable bonds is 10. The SMILES string of the molecule is CCCSc1nc(N[C@@H]2C[C@H]2c2ccc(F)c(F)c2)c2nnn([C@@H]3CC(OCCN)C(O)C3O)c2n1. The minimum atomic E-state index is -1.11. The Morgan fingerprint density at radius 3 is 2.78 bits per heavy atom. The van der Waals surface area contributed by atoms with Crippen molar-refractivity contribution in [2.24, 2.45) is 5.73 Å². The number of aliphatic hydroxyl groups excluding tert-OH is 2. The maximum atomic E-state index is 13.7. The fourth-order valence-corrected chi connectivity index (χ4v) is 5.32. The van der Waals surface area contributed by atoms with Gasteiger partial charge < -0.3 is 26.0 Å². The molecule has 0 aliphatic heterocycles. The number of halogens is 2. The number of hydrogen-bond acceptors (Lipinski definition) is 10. The van der Waals surface area contributed by atoms with Gasteiger partial charge in [-0.05, 0) is 30.5 Å². The molecule has 0 spiro atoms. The summed E-state index contributed by atoms with van der Waals surface area (Å²) < 4.78 is 34.2. The number of nitrogens with one attached hydrogen (secondary N) is 1. The van der Waals surface area contributed by atoms with Crippen molar-refractivity contribution in [1.29, 1.82) is 0 Å². The van der Waals surface area contributed by atoms with Crippen molar-refractivity contribution in [3.05, 3.63) is 35.4 Å². The zero-order valence-electron chi connectivity index (χ0n) is 19.7. The molecule has 36 heavy (non-hydrogen) atoms. The number of fused-ring (bicyclic) bond motifs is 1. The Labute approximate surface area is 210 Å². The number of aromatic nitrogens is 5. The van der Waals surface area contributed by atoms with E-state index in [0.717, 1.165) is 24.7 Å². The number of aliphatic hydroxyl groups is 2. The van der Waals surface area contributed by atoms with E-state index in [0.29, 0.717) is 40.7 Å². The second-order valence-electron chi connectivity index (χ2n) is 9.16. The molecule has 6 atom stereocenters. The number of ether oxygens (including phenoxy) is 1. The fraction of sp³-hybridized carbons (Fsp3) is 0.565. The summed E-state index contributed by atoms with van der Waals surface area (Å²) in [5.41, 5.74) is 7.09. The Balaban J connectivity index is 1.43. The van der Waals surface area contributed by atoms with E-state index in [1.807, 2.05) is 0 Å². The van der Waals surface area contributed by atoms with Gasteiger partial charge >= 0.3 is 0 Å². The predicted octanol–water partition coefficient (Wildman–Crippen LogP) is 1.98. The normalized spacial score (nSPS) is 27.6. The summed E-state index contributed by atoms with van der Waals surface area (Å²) in [5.74, 6) is -0.420. The van der Waals surface area contributed by atoms with Gasteiger partial charge in [0, 0.05) is 30.7 Å². The second kappa shape index (κ2) is 10.5. The van der Waals surface area contributed by atoms with Gasteiger partial charge in [0.1, 0.15) is 12.2 Å². The van der Waals surface area contributed by atoms with Crippen molar-refractivity contribution in [3.8, 4) is 0 Å². The van der Waals surface area contributed by atoms with Crippen LogP contribution in [0.3, 0.4) is 0 Å². The van der Waals surface area contributed by atoms with Crippen LogP contribution in [0.15, 0.2) is 23.4 Å². The molecule has 0 saturated heterocycles. The largest absolute Gasteiger partial charge is 0.388 e. The van der Waals surface area contributed by atoms with E-state index in [1.54, 1.807) is 6.07 Å². The molecule has 2 saturated carbocycles. The van der Waals surface area contributed by atoms with Gasteiger partial charge in [-0.15, -0.1) is 5.10 Å². The van der Waals surface area contributed by atoms with Crippen LogP contribution in [-0.4, -0.2) is 78.4 Å². The van der Waals surface area contributed by atoms with Crippen LogP contribution in [-0.2, 0) is 4.74 Å². The molecular formula is C23H29F2N7O3S. The predicted molar refractivity (Wildman–Crippen MR) is 130 cm³/mol. The molecule has 5 rings (SSSR count). The van der Waals surface area contributed by atoms with Crippen LogP contribution in [0.2, 0.25) is 0 Å². The summed E-state index contributed by atoms with van der Waals surface area (Å²) in [6.07, 6.45) is -0.790. The monoisotopic (exact) mass is 521 g/mol. The number of nitrogens with two attached hydrogens (primary N) is 1. The first-order valence-corrected chi connectivity index (χ1v) is 13.0. The lowest BCUT2D eigenvalue weighted by Gasteiger charge is -2.17. The number of anilines is 1. The quantitative estimate of drug-likeness (QED) is 0.231. The van der Waals surface area contributed by atoms with Crippen molar-refractivity contribution < 1.29 is 23.7 Å². The minimum absolute atomic E-state index is 0.0131. The molecule has 13 heteroatoms. The molecule has 5 N–H and O–H groups in total. The van der Waals surface area contributed by atoms with E-state index in [-0.39, 0.29) is 18.6 Å². The third-order valence-electron chi connectivity index (χ3n) is 6.59. The van der Waals surface area contributed by atoms with Gasteiger partial charge in [0.2, 0.25) is 0 Å². The van der Waals surface area contributed by atoms with Crippen LogP contribution in [0.4, 0.5) is 14.6 Å². The maximum Gasteiger partial charge on any atom is 0.191 e. The molecule has 1 aromatic carbocycles. The standard InChI is InChI=1S/C23H29F2N7O3S/c1-2-7-36-23-28-21(27-15-9-12(15)11-3-4-13(24)14(25)8-11)18-22(29-23)32(31-30-18)16-10-17(35-6-5-26)20(34)19(16)33/h3-4,8,12,15-17,19-20,33-34H,2,5-7,9-10,26H2,1H3,(H,27,28,29)/t12-,15+,16+,17?,19?,20?/m0/s1. The summed E-state index contributed by atoms with van der Waals surface area (Å²) >= 11 is 1.49. The molecule has 2 aliphatic carbocycles. The number of nitrogens with zero attached hydrogens (tertiary/aromatic N) is 5. The molecular weight excluding hydrogens is 492 g/mol. The zero-order chi connectivity index (χ0) is 25.4. The van der Waals surface area contributed by atoms with E-state index in [9.17, 15) is 19.0 Å². The number of thioether (sulfide) groups is 1. The van der Waals surface area contributed by atoms with Crippen LogP contribution in [0.25, 0.3) is 11.2 Å². The van der Waals surface area contributed by atoms with Crippen LogP contribution in [0, 0.1) is 11.6 Å². The van der Waals surface area contributed by atoms with Gasteiger partial charge in [-0.25, -0.2) is 23.4 Å². The lowest BCUT2D eigenvalue weighted by atomic mass is 10.1. The molecule has 194 valence electrons. The molecule has 2 fully saturated rings. The van der Waals surface area contributed by atoms with Crippen molar-refractivity contribution in [2.75, 3.05) is 24.2 Å². The zero-order valence-corrected chi connectivity index (χ0v) is 20.5. The molecule has 2 aliphatic rings. The molecule has 0 radical (unpaired) electrons. The second-order valence-corrected chi connectivity index (χ2v) is 10.2. The average molecular weight is 522 g/mol. The van der Waals surface area contributed by atoms with Crippen molar-refractivity contribution in [1.82, 2.24) is 25.0 Å². The van der Waals surface area contributed by atoms with Crippen molar-refractivity contribution in [3.63, 3.8) is 0 Å². The van der Waals surface area contributed by atoms with Crippen molar-refractivity contribution in [2.45, 2.75) is 67.7 Å². The van der Waals surface area contributed by atoms with E-state index in [2.05, 4.69) is 32.5 Å². The highest BCUT2D eigenvalue weighted by molar-refractivity contribution is 7.99. The highest BCUT2D eigenvalue weighted by Crippen LogP contribution is 2.44. The topological polar surface area (TPSA) is 144 Å². The first-order chi connectivity index (χ1) is 17.4. The molecule has 2 aromatic heterocycles. The van der Waals surface area contributed by atoms with Gasteiger partial charge in [0.25, 0.3) is 0 Å². The first-order valence-electron chi connectivity index (χ1n) is 12.1. The van der Waals surface area contributed by atoms with E-state index >= 15 is 0 Å². The highest BCUT2D eigenvalue weighted by Gasteiger charge is 2.45. The fourth-order valence-electron chi connectivity index (χ4n) is 4.63. The van der Waals surface area contributed by atoms with E-state index in [1.165, 1.54) is 22.5 Å². The lowest BCUT2D eigenvalue weighted by molar-refractivity contribution is -0.0546. The first kappa shape index (κ1) is 25.2. The molecule has 3 unspecified atom stereocenters. The van der Waals surface area contributed by atoms with Crippen LogP contribution >= 0.6 is 11.8 Å². The van der Waals surface area contributed by atoms with Gasteiger partial charge in [-0.2, -0.15) is 0 Å². The average Bonchev–Trinajstić information content (AvgIpc) is 3.41. The molecule has 0 bridgehead atoms. The van der Waals surface area contributed by atoms with Gasteiger partial charge in [-0.1, -0.05) is 30.0 Å². The Morgan fingerprint density at radius 2 is 2.03 bits per heavy atom. The maximum absolute atomic E-state index is 13.7. The summed E-state index contributed by atoms with van der Waals surface area (Å²) in [5, 5.41) is 33.7. The van der Waals surface area contributed by atoms with Crippen LogP contribution in [0.1, 0.15) is 43.7 Å². The summed E-state index contributed by atoms with van der Waals surface area (Å²) in [6.45, 7) is 2.64. The summed E-state index contributed by atoms with van der Waals surface area (Å²) in [7, 11) is 0. The Morgan fingerprint density at radius 1 is 1.19 bits per heavy atom.